The van der Waals surface area contributed by atoms with Gasteiger partial charge in [0.15, 0.2) is 6.61 Å². The normalized spacial score (nSPS) is 32.3. The van der Waals surface area contributed by atoms with E-state index in [0.29, 0.717) is 11.8 Å². The van der Waals surface area contributed by atoms with E-state index in [9.17, 15) is 9.59 Å². The summed E-state index contributed by atoms with van der Waals surface area (Å²) in [6, 6.07) is 0. The minimum absolute atomic E-state index is 0.0561. The van der Waals surface area contributed by atoms with Gasteiger partial charge in [-0.05, 0) is 56.8 Å². The van der Waals surface area contributed by atoms with Crippen LogP contribution in [0.3, 0.4) is 0 Å². The number of allylic oxidation sites excluding steroid dienone is 2. The van der Waals surface area contributed by atoms with E-state index in [0.717, 1.165) is 44.9 Å². The van der Waals surface area contributed by atoms with Gasteiger partial charge in [0.1, 0.15) is 5.60 Å². The number of hydrogen-bond acceptors (Lipinski definition) is 4. The standard InChI is InChI=1S/C17H24O4/c1-2-17(7-3-4-8-17)21-15(18)11-20-16(19)14-10-12-5-6-13(14)9-12/h5-6,12-14H,2-4,7-11H2,1H3. The van der Waals surface area contributed by atoms with Crippen LogP contribution in [0, 0.1) is 17.8 Å². The summed E-state index contributed by atoms with van der Waals surface area (Å²) in [4.78, 5) is 24.0. The van der Waals surface area contributed by atoms with Crippen LogP contribution >= 0.6 is 0 Å². The Bertz CT molecular complexity index is 448. The lowest BCUT2D eigenvalue weighted by Gasteiger charge is -2.27. The van der Waals surface area contributed by atoms with Crippen LogP contribution in [-0.4, -0.2) is 24.1 Å². The second-order valence-corrected chi connectivity index (χ2v) is 6.71. The second-order valence-electron chi connectivity index (χ2n) is 6.71. The SMILES string of the molecule is CCC1(OC(=O)COC(=O)C2CC3C=CC2C3)CCCC1. The molecule has 4 heteroatoms. The molecule has 3 aliphatic rings. The lowest BCUT2D eigenvalue weighted by molar-refractivity contribution is -0.172. The zero-order chi connectivity index (χ0) is 14.9. The molecule has 116 valence electrons. The van der Waals surface area contributed by atoms with Crippen LogP contribution in [0.15, 0.2) is 12.2 Å². The summed E-state index contributed by atoms with van der Waals surface area (Å²) >= 11 is 0. The molecule has 0 aromatic carbocycles. The van der Waals surface area contributed by atoms with Crippen molar-refractivity contribution in [3.63, 3.8) is 0 Å². The number of carbonyl (C=O) groups excluding carboxylic acids is 2. The van der Waals surface area contributed by atoms with Crippen molar-refractivity contribution in [2.24, 2.45) is 17.8 Å². The maximum Gasteiger partial charge on any atom is 0.344 e. The first kappa shape index (κ1) is 14.6. The van der Waals surface area contributed by atoms with Crippen LogP contribution in [0.1, 0.15) is 51.9 Å². The van der Waals surface area contributed by atoms with Crippen molar-refractivity contribution < 1.29 is 19.1 Å². The highest BCUT2D eigenvalue weighted by atomic mass is 16.6. The fourth-order valence-electron chi connectivity index (χ4n) is 4.11. The Labute approximate surface area is 125 Å². The quantitative estimate of drug-likeness (QED) is 0.577. The van der Waals surface area contributed by atoms with Crippen molar-refractivity contribution in [3.8, 4) is 0 Å². The molecule has 0 radical (unpaired) electrons. The predicted molar refractivity (Wildman–Crippen MR) is 77.4 cm³/mol. The van der Waals surface area contributed by atoms with Crippen LogP contribution < -0.4 is 0 Å². The maximum atomic E-state index is 12.1. The number of hydrogen-bond donors (Lipinski definition) is 0. The number of carbonyl (C=O) groups is 2. The fraction of sp³-hybridized carbons (Fsp3) is 0.765. The van der Waals surface area contributed by atoms with Gasteiger partial charge in [0.05, 0.1) is 5.92 Å². The summed E-state index contributed by atoms with van der Waals surface area (Å²) in [5.41, 5.74) is -0.307. The summed E-state index contributed by atoms with van der Waals surface area (Å²) < 4.78 is 10.8. The molecule has 21 heavy (non-hydrogen) atoms. The predicted octanol–water partition coefficient (Wildman–Crippen LogP) is 3.01. The van der Waals surface area contributed by atoms with Gasteiger partial charge in [-0.2, -0.15) is 0 Å². The molecule has 0 aromatic heterocycles. The molecular formula is C17H24O4. The Hall–Kier alpha value is -1.32. The molecule has 0 aliphatic heterocycles. The highest BCUT2D eigenvalue weighted by Gasteiger charge is 2.41. The molecule has 2 bridgehead atoms. The molecular weight excluding hydrogens is 268 g/mol. The van der Waals surface area contributed by atoms with Gasteiger partial charge in [0.25, 0.3) is 0 Å². The number of ether oxygens (including phenoxy) is 2. The van der Waals surface area contributed by atoms with Gasteiger partial charge in [0, 0.05) is 0 Å². The third-order valence-corrected chi connectivity index (χ3v) is 5.40. The molecule has 0 amide bonds. The third kappa shape index (κ3) is 2.99. The first-order valence-electron chi connectivity index (χ1n) is 8.19. The Morgan fingerprint density at radius 2 is 1.95 bits per heavy atom. The zero-order valence-corrected chi connectivity index (χ0v) is 12.7. The number of rotatable bonds is 5. The molecule has 0 aromatic rings. The minimum atomic E-state index is -0.397. The molecule has 2 saturated carbocycles. The summed E-state index contributed by atoms with van der Waals surface area (Å²) in [5, 5.41) is 0. The zero-order valence-electron chi connectivity index (χ0n) is 12.7. The van der Waals surface area contributed by atoms with Gasteiger partial charge in [-0.25, -0.2) is 4.79 Å². The highest BCUT2D eigenvalue weighted by Crippen LogP contribution is 2.43. The topological polar surface area (TPSA) is 52.6 Å². The molecule has 0 heterocycles. The van der Waals surface area contributed by atoms with Gasteiger partial charge >= 0.3 is 11.9 Å². The Morgan fingerprint density at radius 3 is 2.52 bits per heavy atom. The van der Waals surface area contributed by atoms with Gasteiger partial charge in [-0.3, -0.25) is 4.79 Å². The summed E-state index contributed by atoms with van der Waals surface area (Å²) in [6.07, 6.45) is 11.1. The third-order valence-electron chi connectivity index (χ3n) is 5.40. The van der Waals surface area contributed by atoms with Gasteiger partial charge in [-0.15, -0.1) is 0 Å². The molecule has 2 fully saturated rings. The minimum Gasteiger partial charge on any atom is -0.457 e. The largest absolute Gasteiger partial charge is 0.457 e. The molecule has 3 atom stereocenters. The van der Waals surface area contributed by atoms with E-state index in [4.69, 9.17) is 9.47 Å². The first-order chi connectivity index (χ1) is 10.1. The molecule has 0 spiro atoms. The van der Waals surface area contributed by atoms with E-state index in [2.05, 4.69) is 12.2 Å². The van der Waals surface area contributed by atoms with E-state index in [1.54, 1.807) is 0 Å². The molecule has 0 saturated heterocycles. The first-order valence-corrected chi connectivity index (χ1v) is 8.19. The van der Waals surface area contributed by atoms with Crippen molar-refractivity contribution in [3.05, 3.63) is 12.2 Å². The average Bonchev–Trinajstić information content (AvgIpc) is 3.21. The van der Waals surface area contributed by atoms with Crippen LogP contribution in [0.4, 0.5) is 0 Å². The van der Waals surface area contributed by atoms with E-state index in [1.807, 2.05) is 6.92 Å². The average molecular weight is 292 g/mol. The van der Waals surface area contributed by atoms with Crippen molar-refractivity contribution >= 4 is 11.9 Å². The molecule has 3 aliphatic carbocycles. The Kier molecular flexibility index (Phi) is 4.05. The lowest BCUT2D eigenvalue weighted by Crippen LogP contribution is -2.34. The van der Waals surface area contributed by atoms with Gasteiger partial charge in [0.2, 0.25) is 0 Å². The van der Waals surface area contributed by atoms with Gasteiger partial charge < -0.3 is 9.47 Å². The molecule has 0 N–H and O–H groups in total. The molecule has 3 unspecified atom stereocenters. The Balaban J connectivity index is 1.45. The summed E-state index contributed by atoms with van der Waals surface area (Å²) in [7, 11) is 0. The number of esters is 2. The van der Waals surface area contributed by atoms with Crippen LogP contribution in [0.5, 0.6) is 0 Å². The number of fused-ring (bicyclic) bond motifs is 2. The van der Waals surface area contributed by atoms with Crippen molar-refractivity contribution in [1.82, 2.24) is 0 Å². The second kappa shape index (κ2) is 5.82. The van der Waals surface area contributed by atoms with Crippen molar-refractivity contribution in [1.29, 1.82) is 0 Å². The lowest BCUT2D eigenvalue weighted by atomic mass is 9.94. The molecule has 4 nitrogen and oxygen atoms in total. The fourth-order valence-corrected chi connectivity index (χ4v) is 4.11. The Morgan fingerprint density at radius 1 is 1.19 bits per heavy atom. The van der Waals surface area contributed by atoms with Crippen LogP contribution in [-0.2, 0) is 19.1 Å². The van der Waals surface area contributed by atoms with E-state index in [1.165, 1.54) is 0 Å². The van der Waals surface area contributed by atoms with E-state index < -0.39 is 5.97 Å². The molecule has 3 rings (SSSR count). The van der Waals surface area contributed by atoms with Crippen LogP contribution in [0.25, 0.3) is 0 Å². The monoisotopic (exact) mass is 292 g/mol. The summed E-state index contributed by atoms with van der Waals surface area (Å²) in [6.45, 7) is 1.81. The maximum absolute atomic E-state index is 12.1. The smallest absolute Gasteiger partial charge is 0.344 e. The van der Waals surface area contributed by atoms with Crippen LogP contribution in [0.2, 0.25) is 0 Å². The van der Waals surface area contributed by atoms with Gasteiger partial charge in [-0.1, -0.05) is 19.1 Å². The van der Waals surface area contributed by atoms with E-state index in [-0.39, 0.29) is 24.1 Å². The summed E-state index contributed by atoms with van der Waals surface area (Å²) in [5.74, 6) is 0.155. The van der Waals surface area contributed by atoms with Crippen molar-refractivity contribution in [2.45, 2.75) is 57.5 Å². The highest BCUT2D eigenvalue weighted by molar-refractivity contribution is 5.78. The van der Waals surface area contributed by atoms with Crippen molar-refractivity contribution in [2.75, 3.05) is 6.61 Å². The van der Waals surface area contributed by atoms with E-state index >= 15 is 0 Å².